The number of hydrogen-bond donors (Lipinski definition) is 2. The van der Waals surface area contributed by atoms with Crippen molar-refractivity contribution < 1.29 is 14.7 Å². The van der Waals surface area contributed by atoms with Crippen LogP contribution in [0.15, 0.2) is 30.7 Å². The van der Waals surface area contributed by atoms with Crippen LogP contribution in [0, 0.1) is 5.41 Å². The van der Waals surface area contributed by atoms with E-state index in [1.54, 1.807) is 4.68 Å². The number of likely N-dealkylation sites (tertiary alicyclic amines) is 1. The zero-order valence-corrected chi connectivity index (χ0v) is 19.1. The maximum absolute atomic E-state index is 13.7. The molecule has 2 aromatic rings. The number of nitrogens with zero attached hydrogens (tertiary/aromatic N) is 5. The van der Waals surface area contributed by atoms with Gasteiger partial charge in [-0.1, -0.05) is 26.0 Å². The number of carbonyl (C=O) groups excluding carboxylic acids is 2. The summed E-state index contributed by atoms with van der Waals surface area (Å²) in [4.78, 5) is 28.1. The van der Waals surface area contributed by atoms with Crippen LogP contribution in [-0.4, -0.2) is 66.6 Å². The van der Waals surface area contributed by atoms with Gasteiger partial charge in [-0.05, 0) is 36.8 Å². The summed E-state index contributed by atoms with van der Waals surface area (Å²) in [5, 5.41) is 21.8. The Labute approximate surface area is 188 Å². The minimum Gasteiger partial charge on any atom is -0.391 e. The molecule has 1 aliphatic carbocycles. The van der Waals surface area contributed by atoms with Crippen LogP contribution >= 0.6 is 0 Å². The highest BCUT2D eigenvalue weighted by molar-refractivity contribution is 5.90. The van der Waals surface area contributed by atoms with Crippen LogP contribution in [0.4, 0.5) is 0 Å². The molecule has 0 radical (unpaired) electrons. The Hall–Kier alpha value is -2.68. The molecule has 32 heavy (non-hydrogen) atoms. The van der Waals surface area contributed by atoms with Crippen LogP contribution in [0.1, 0.15) is 64.1 Å². The zero-order valence-electron chi connectivity index (χ0n) is 19.1. The number of nitrogens with one attached hydrogen (secondary N) is 1. The molecule has 174 valence electrons. The predicted octanol–water partition coefficient (Wildman–Crippen LogP) is 1.71. The molecular weight excluding hydrogens is 408 g/mol. The van der Waals surface area contributed by atoms with Gasteiger partial charge in [-0.15, -0.1) is 5.10 Å². The number of rotatable bonds is 8. The van der Waals surface area contributed by atoms with Gasteiger partial charge in [0.25, 0.3) is 0 Å². The van der Waals surface area contributed by atoms with E-state index < -0.39 is 23.6 Å². The van der Waals surface area contributed by atoms with Crippen molar-refractivity contribution in [3.05, 3.63) is 36.4 Å². The maximum Gasteiger partial charge on any atom is 0.248 e. The number of aliphatic hydroxyl groups is 1. The first-order chi connectivity index (χ1) is 15.2. The molecule has 2 aliphatic rings. The minimum absolute atomic E-state index is 0.150. The third kappa shape index (κ3) is 5.03. The third-order valence-corrected chi connectivity index (χ3v) is 6.27. The van der Waals surface area contributed by atoms with Crippen molar-refractivity contribution in [2.75, 3.05) is 13.1 Å². The average molecular weight is 443 g/mol. The van der Waals surface area contributed by atoms with E-state index >= 15 is 0 Å². The van der Waals surface area contributed by atoms with Crippen LogP contribution in [0.2, 0.25) is 0 Å². The summed E-state index contributed by atoms with van der Waals surface area (Å²) in [6.07, 6.45) is 8.38. The van der Waals surface area contributed by atoms with Gasteiger partial charge in [-0.25, -0.2) is 4.68 Å². The molecule has 9 heteroatoms. The highest BCUT2D eigenvalue weighted by atomic mass is 16.3. The van der Waals surface area contributed by atoms with Gasteiger partial charge in [-0.2, -0.15) is 0 Å². The molecule has 2 amide bonds. The van der Waals surface area contributed by atoms with Gasteiger partial charge >= 0.3 is 0 Å². The van der Waals surface area contributed by atoms with E-state index in [9.17, 15) is 14.7 Å². The first-order valence-electron chi connectivity index (χ1n) is 11.5. The fourth-order valence-corrected chi connectivity index (χ4v) is 4.44. The van der Waals surface area contributed by atoms with Gasteiger partial charge in [-0.3, -0.25) is 9.59 Å². The first kappa shape index (κ1) is 22.5. The highest BCUT2D eigenvalue weighted by Crippen LogP contribution is 2.40. The van der Waals surface area contributed by atoms with Gasteiger partial charge < -0.3 is 19.9 Å². The van der Waals surface area contributed by atoms with E-state index in [0.29, 0.717) is 12.5 Å². The lowest BCUT2D eigenvalue weighted by molar-refractivity contribution is -0.144. The van der Waals surface area contributed by atoms with E-state index in [1.807, 2.05) is 51.5 Å². The second kappa shape index (κ2) is 9.05. The Morgan fingerprint density at radius 1 is 1.25 bits per heavy atom. The molecule has 3 heterocycles. The van der Waals surface area contributed by atoms with Crippen LogP contribution < -0.4 is 5.32 Å². The maximum atomic E-state index is 13.7. The standard InChI is InChI=1S/C23H34N6O3/c1-23(2,3)20(29-15-18(25-26-29)16-7-8-16)22(32)28-14-17(30)13-19(28)21(31)24-9-6-12-27-10-4-5-11-27/h4-5,10-11,15-17,19-20,30H,6-9,12-14H2,1-3H3,(H,24,31)/t17?,19?,20-/m1/s1. The molecule has 2 aromatic heterocycles. The molecule has 0 bridgehead atoms. The Morgan fingerprint density at radius 3 is 2.62 bits per heavy atom. The zero-order chi connectivity index (χ0) is 22.9. The molecular formula is C23H34N6O3. The van der Waals surface area contributed by atoms with Crippen LogP contribution in [-0.2, 0) is 16.1 Å². The smallest absolute Gasteiger partial charge is 0.248 e. The molecule has 3 atom stereocenters. The molecule has 0 spiro atoms. The molecule has 2 unspecified atom stereocenters. The molecule has 1 saturated carbocycles. The van der Waals surface area contributed by atoms with Crippen molar-refractivity contribution in [1.82, 2.24) is 29.8 Å². The van der Waals surface area contributed by atoms with Crippen molar-refractivity contribution in [2.45, 2.75) is 77.1 Å². The monoisotopic (exact) mass is 442 g/mol. The predicted molar refractivity (Wildman–Crippen MR) is 119 cm³/mol. The van der Waals surface area contributed by atoms with Gasteiger partial charge in [0.2, 0.25) is 11.8 Å². The Bertz CT molecular complexity index is 928. The third-order valence-electron chi connectivity index (χ3n) is 6.27. The second-order valence-electron chi connectivity index (χ2n) is 10.1. The topological polar surface area (TPSA) is 105 Å². The van der Waals surface area contributed by atoms with E-state index in [-0.39, 0.29) is 24.8 Å². The van der Waals surface area contributed by atoms with Crippen molar-refractivity contribution in [1.29, 1.82) is 0 Å². The van der Waals surface area contributed by atoms with Gasteiger partial charge in [0.05, 0.1) is 11.8 Å². The fraction of sp³-hybridized carbons (Fsp3) is 0.652. The average Bonchev–Trinajstić information content (AvgIpc) is 3.11. The van der Waals surface area contributed by atoms with Gasteiger partial charge in [0.15, 0.2) is 0 Å². The highest BCUT2D eigenvalue weighted by Gasteiger charge is 2.45. The fourth-order valence-electron chi connectivity index (χ4n) is 4.44. The molecule has 0 aromatic carbocycles. The van der Waals surface area contributed by atoms with Crippen molar-refractivity contribution in [3.8, 4) is 0 Å². The van der Waals surface area contributed by atoms with Gasteiger partial charge in [0, 0.05) is 50.6 Å². The van der Waals surface area contributed by atoms with Crippen molar-refractivity contribution >= 4 is 11.8 Å². The lowest BCUT2D eigenvalue weighted by atomic mass is 9.85. The summed E-state index contributed by atoms with van der Waals surface area (Å²) >= 11 is 0. The van der Waals surface area contributed by atoms with E-state index in [0.717, 1.165) is 31.5 Å². The normalized spacial score (nSPS) is 22.2. The van der Waals surface area contributed by atoms with Crippen LogP contribution in [0.25, 0.3) is 0 Å². The minimum atomic E-state index is -0.715. The van der Waals surface area contributed by atoms with E-state index in [4.69, 9.17) is 0 Å². The largest absolute Gasteiger partial charge is 0.391 e. The van der Waals surface area contributed by atoms with Crippen LogP contribution in [0.3, 0.4) is 0 Å². The number of β-amino-alcohol motifs (C(OH)–C–C–N with tert-alkyl or cyclic N) is 1. The number of hydrogen-bond acceptors (Lipinski definition) is 5. The van der Waals surface area contributed by atoms with E-state index in [1.165, 1.54) is 4.90 Å². The Balaban J connectivity index is 1.43. The lowest BCUT2D eigenvalue weighted by Gasteiger charge is -2.34. The summed E-state index contributed by atoms with van der Waals surface area (Å²) in [7, 11) is 0. The van der Waals surface area contributed by atoms with E-state index in [2.05, 4.69) is 20.2 Å². The quantitative estimate of drug-likeness (QED) is 0.606. The summed E-state index contributed by atoms with van der Waals surface area (Å²) < 4.78 is 3.70. The number of carbonyl (C=O) groups is 2. The van der Waals surface area contributed by atoms with Crippen molar-refractivity contribution in [2.24, 2.45) is 5.41 Å². The molecule has 1 aliphatic heterocycles. The Kier molecular flexibility index (Phi) is 6.37. The first-order valence-corrected chi connectivity index (χ1v) is 11.5. The summed E-state index contributed by atoms with van der Waals surface area (Å²) in [5.41, 5.74) is 0.488. The summed E-state index contributed by atoms with van der Waals surface area (Å²) in [6.45, 7) is 7.43. The number of aliphatic hydroxyl groups excluding tert-OH is 1. The molecule has 9 nitrogen and oxygen atoms in total. The molecule has 2 N–H and O–H groups in total. The molecule has 1 saturated heterocycles. The number of amides is 2. The van der Waals surface area contributed by atoms with Crippen molar-refractivity contribution in [3.63, 3.8) is 0 Å². The second-order valence-corrected chi connectivity index (χ2v) is 10.1. The van der Waals surface area contributed by atoms with Crippen LogP contribution in [0.5, 0.6) is 0 Å². The lowest BCUT2D eigenvalue weighted by Crippen LogP contribution is -2.50. The van der Waals surface area contributed by atoms with Gasteiger partial charge in [0.1, 0.15) is 12.1 Å². The Morgan fingerprint density at radius 2 is 1.97 bits per heavy atom. The molecule has 2 fully saturated rings. The summed E-state index contributed by atoms with van der Waals surface area (Å²) in [6, 6.07) is 2.66. The number of aryl methyl sites for hydroxylation is 1. The SMILES string of the molecule is CC(C)(C)[C@@H](C(=O)N1CC(O)CC1C(=O)NCCCn1cccc1)n1cc(C2CC2)nn1. The number of aromatic nitrogens is 4. The molecule has 4 rings (SSSR count). The summed E-state index contributed by atoms with van der Waals surface area (Å²) in [5.74, 6) is 0.0271.